The van der Waals surface area contributed by atoms with Crippen molar-refractivity contribution in [3.8, 4) is 11.5 Å². The van der Waals surface area contributed by atoms with E-state index in [0.29, 0.717) is 5.56 Å². The van der Waals surface area contributed by atoms with Crippen molar-refractivity contribution in [3.05, 3.63) is 54.1 Å². The Morgan fingerprint density at radius 3 is 2.00 bits per heavy atom. The maximum atomic E-state index is 12.4. The van der Waals surface area contributed by atoms with Crippen molar-refractivity contribution in [1.82, 2.24) is 14.5 Å². The van der Waals surface area contributed by atoms with Crippen LogP contribution in [-0.2, 0) is 19.9 Å². The molecule has 1 amide bonds. The van der Waals surface area contributed by atoms with E-state index >= 15 is 0 Å². The molecule has 0 aliphatic rings. The van der Waals surface area contributed by atoms with E-state index in [-0.39, 0.29) is 27.3 Å². The zero-order valence-corrected chi connectivity index (χ0v) is 19.4. The Bertz CT molecular complexity index is 1330. The molecule has 2 aromatic carbocycles. The van der Waals surface area contributed by atoms with Crippen LogP contribution in [0.15, 0.2) is 62.7 Å². The third-order valence-corrected chi connectivity index (χ3v) is 8.59. The molecule has 0 radical (unpaired) electrons. The highest BCUT2D eigenvalue weighted by Gasteiger charge is 2.20. The van der Waals surface area contributed by atoms with Crippen molar-refractivity contribution in [2.75, 3.05) is 19.4 Å². The summed E-state index contributed by atoms with van der Waals surface area (Å²) in [4.78, 5) is 12.6. The number of benzene rings is 2. The fourth-order valence-electron chi connectivity index (χ4n) is 2.61. The molecule has 0 atom stereocenters. The Hall–Kier alpha value is -3.09. The number of hydrogen-bond donors (Lipinski definition) is 1. The molecule has 170 valence electrons. The summed E-state index contributed by atoms with van der Waals surface area (Å²) in [5.41, 5.74) is 0.685. The van der Waals surface area contributed by atoms with Gasteiger partial charge in [-0.25, -0.2) is 21.1 Å². The maximum absolute atomic E-state index is 12.4. The van der Waals surface area contributed by atoms with Crippen LogP contribution in [0.1, 0.15) is 24.2 Å². The Labute approximate surface area is 186 Å². The third kappa shape index (κ3) is 4.71. The molecule has 0 unspecified atom stereocenters. The van der Waals surface area contributed by atoms with E-state index < -0.39 is 31.0 Å². The average molecular weight is 479 g/mol. The van der Waals surface area contributed by atoms with Crippen molar-refractivity contribution >= 4 is 31.8 Å². The van der Waals surface area contributed by atoms with Crippen molar-refractivity contribution in [2.24, 2.45) is 0 Å². The van der Waals surface area contributed by atoms with E-state index in [1.54, 1.807) is 13.8 Å². The fourth-order valence-corrected chi connectivity index (χ4v) is 4.57. The van der Waals surface area contributed by atoms with Gasteiger partial charge in [0.15, 0.2) is 9.84 Å². The molecule has 1 aromatic heterocycles. The van der Waals surface area contributed by atoms with Crippen LogP contribution >= 0.6 is 0 Å². The predicted molar refractivity (Wildman–Crippen MR) is 117 cm³/mol. The summed E-state index contributed by atoms with van der Waals surface area (Å²) in [5.74, 6) is -0.464. The molecule has 0 fully saturated rings. The molecule has 0 bridgehead atoms. The zero-order valence-electron chi connectivity index (χ0n) is 17.8. The second-order valence-electron chi connectivity index (χ2n) is 7.30. The summed E-state index contributed by atoms with van der Waals surface area (Å²) in [6.07, 6.45) is 0. The minimum absolute atomic E-state index is 0.0575. The monoisotopic (exact) mass is 478 g/mol. The standard InChI is InChI=1S/C20H22N4O6S2/c1-13(2)31(26,27)16-9-7-15(8-10-16)19-22-23-20(30-19)21-18(25)14-5-11-17(12-6-14)32(28,29)24(3)4/h5-13H,1-4H3,(H,21,23,25). The van der Waals surface area contributed by atoms with Gasteiger partial charge in [0.1, 0.15) is 0 Å². The predicted octanol–water partition coefficient (Wildman–Crippen LogP) is 2.42. The van der Waals surface area contributed by atoms with Crippen LogP contribution in [0.2, 0.25) is 0 Å². The minimum atomic E-state index is -3.60. The van der Waals surface area contributed by atoms with Crippen LogP contribution in [0.25, 0.3) is 11.5 Å². The lowest BCUT2D eigenvalue weighted by atomic mass is 10.2. The molecule has 3 aromatic rings. The number of anilines is 1. The first-order valence-corrected chi connectivity index (χ1v) is 12.4. The summed E-state index contributed by atoms with van der Waals surface area (Å²) in [7, 11) is -4.16. The van der Waals surface area contributed by atoms with Crippen molar-refractivity contribution in [2.45, 2.75) is 28.9 Å². The van der Waals surface area contributed by atoms with E-state index in [1.165, 1.54) is 62.6 Å². The van der Waals surface area contributed by atoms with Crippen LogP contribution in [0.4, 0.5) is 6.01 Å². The number of rotatable bonds is 7. The third-order valence-electron chi connectivity index (χ3n) is 4.59. The Kier molecular flexibility index (Phi) is 6.49. The quantitative estimate of drug-likeness (QED) is 0.546. The molecule has 0 spiro atoms. The normalized spacial score (nSPS) is 12.3. The molecule has 1 N–H and O–H groups in total. The van der Waals surface area contributed by atoms with Crippen LogP contribution < -0.4 is 5.32 Å². The fraction of sp³-hybridized carbons (Fsp3) is 0.250. The van der Waals surface area contributed by atoms with E-state index in [4.69, 9.17) is 4.42 Å². The highest BCUT2D eigenvalue weighted by atomic mass is 32.2. The summed E-state index contributed by atoms with van der Waals surface area (Å²) in [6.45, 7) is 3.20. The lowest BCUT2D eigenvalue weighted by Crippen LogP contribution is -2.22. The van der Waals surface area contributed by atoms with Gasteiger partial charge in [-0.15, -0.1) is 5.10 Å². The van der Waals surface area contributed by atoms with Crippen molar-refractivity contribution in [1.29, 1.82) is 0 Å². The van der Waals surface area contributed by atoms with E-state index in [9.17, 15) is 21.6 Å². The molecule has 1 heterocycles. The molecule has 0 saturated carbocycles. The van der Waals surface area contributed by atoms with E-state index in [1.807, 2.05) is 0 Å². The molecular formula is C20H22N4O6S2. The highest BCUT2D eigenvalue weighted by molar-refractivity contribution is 7.92. The van der Waals surface area contributed by atoms with Gasteiger partial charge in [-0.1, -0.05) is 5.10 Å². The summed E-state index contributed by atoms with van der Waals surface area (Å²) < 4.78 is 55.2. The Morgan fingerprint density at radius 2 is 1.47 bits per heavy atom. The average Bonchev–Trinajstić information content (AvgIpc) is 3.22. The van der Waals surface area contributed by atoms with Crippen molar-refractivity contribution in [3.63, 3.8) is 0 Å². The number of aromatic nitrogens is 2. The largest absolute Gasteiger partial charge is 0.403 e. The van der Waals surface area contributed by atoms with Crippen LogP contribution in [0.3, 0.4) is 0 Å². The number of hydrogen-bond acceptors (Lipinski definition) is 8. The molecular weight excluding hydrogens is 456 g/mol. The summed E-state index contributed by atoms with van der Waals surface area (Å²) >= 11 is 0. The van der Waals surface area contributed by atoms with Gasteiger partial charge in [0.05, 0.1) is 15.0 Å². The number of carbonyl (C=O) groups excluding carboxylic acids is 1. The number of amides is 1. The van der Waals surface area contributed by atoms with Gasteiger partial charge in [0, 0.05) is 25.2 Å². The van der Waals surface area contributed by atoms with Gasteiger partial charge in [0.25, 0.3) is 5.91 Å². The lowest BCUT2D eigenvalue weighted by Gasteiger charge is -2.11. The lowest BCUT2D eigenvalue weighted by molar-refractivity contribution is 0.102. The van der Waals surface area contributed by atoms with Gasteiger partial charge in [-0.2, -0.15) is 0 Å². The number of nitrogens with zero attached hydrogens (tertiary/aromatic N) is 3. The molecule has 0 aliphatic heterocycles. The molecule has 32 heavy (non-hydrogen) atoms. The van der Waals surface area contributed by atoms with E-state index in [2.05, 4.69) is 15.5 Å². The second kappa shape index (κ2) is 8.81. The molecule has 12 heteroatoms. The SMILES string of the molecule is CC(C)S(=O)(=O)c1ccc(-c2nnc(NC(=O)c3ccc(S(=O)(=O)N(C)C)cc3)o2)cc1. The second-order valence-corrected chi connectivity index (χ2v) is 12.0. The van der Waals surface area contributed by atoms with Gasteiger partial charge in [-0.3, -0.25) is 10.1 Å². The first kappa shape index (κ1) is 23.6. The molecule has 10 nitrogen and oxygen atoms in total. The maximum Gasteiger partial charge on any atom is 0.322 e. The molecule has 0 saturated heterocycles. The van der Waals surface area contributed by atoms with Gasteiger partial charge < -0.3 is 4.42 Å². The van der Waals surface area contributed by atoms with Crippen molar-refractivity contribution < 1.29 is 26.0 Å². The minimum Gasteiger partial charge on any atom is -0.403 e. The Balaban J connectivity index is 1.73. The Morgan fingerprint density at radius 1 is 0.906 bits per heavy atom. The van der Waals surface area contributed by atoms with Gasteiger partial charge in [0.2, 0.25) is 15.9 Å². The van der Waals surface area contributed by atoms with Gasteiger partial charge >= 0.3 is 6.01 Å². The van der Waals surface area contributed by atoms with Crippen LogP contribution in [-0.4, -0.2) is 56.6 Å². The molecule has 0 aliphatic carbocycles. The first-order chi connectivity index (χ1) is 14.9. The molecule has 3 rings (SSSR count). The zero-order chi connectivity index (χ0) is 23.7. The summed E-state index contributed by atoms with van der Waals surface area (Å²) in [6, 6.07) is 11.2. The van der Waals surface area contributed by atoms with Gasteiger partial charge in [-0.05, 0) is 62.4 Å². The number of sulfonamides is 1. The van der Waals surface area contributed by atoms with E-state index in [0.717, 1.165) is 4.31 Å². The number of nitrogens with one attached hydrogen (secondary N) is 1. The summed E-state index contributed by atoms with van der Waals surface area (Å²) in [5, 5.41) is 9.53. The number of carbonyl (C=O) groups is 1. The van der Waals surface area contributed by atoms with Crippen LogP contribution in [0, 0.1) is 0 Å². The topological polar surface area (TPSA) is 140 Å². The highest BCUT2D eigenvalue weighted by Crippen LogP contribution is 2.24. The van der Waals surface area contributed by atoms with Crippen LogP contribution in [0.5, 0.6) is 0 Å². The number of sulfone groups is 1. The smallest absolute Gasteiger partial charge is 0.322 e. The first-order valence-electron chi connectivity index (χ1n) is 9.44.